The number of imide groups is 1. The van der Waals surface area contributed by atoms with Crippen molar-refractivity contribution in [3.63, 3.8) is 0 Å². The van der Waals surface area contributed by atoms with Gasteiger partial charge in [0.15, 0.2) is 0 Å². The highest BCUT2D eigenvalue weighted by Gasteiger charge is 2.21. The van der Waals surface area contributed by atoms with Gasteiger partial charge < -0.3 is 10.1 Å². The third-order valence-electron chi connectivity index (χ3n) is 2.88. The second-order valence-electron chi connectivity index (χ2n) is 4.63. The minimum atomic E-state index is -0.231. The highest BCUT2D eigenvalue weighted by Crippen LogP contribution is 2.06. The molecular formula is C15H26N2O3. The van der Waals surface area contributed by atoms with Crippen LogP contribution in [0.2, 0.25) is 0 Å². The average Bonchev–Trinajstić information content (AvgIpc) is 2.77. The van der Waals surface area contributed by atoms with Crippen molar-refractivity contribution in [2.75, 3.05) is 20.1 Å². The van der Waals surface area contributed by atoms with E-state index < -0.39 is 0 Å². The summed E-state index contributed by atoms with van der Waals surface area (Å²) in [7, 11) is 1.98. The maximum absolute atomic E-state index is 11.1. The monoisotopic (exact) mass is 282 g/mol. The second-order valence-corrected chi connectivity index (χ2v) is 4.63. The number of unbranched alkanes of at least 4 members (excludes halogenated alkanes) is 4. The molecule has 5 heteroatoms. The Hall–Kier alpha value is -1.49. The number of nitrogens with one attached hydrogen (secondary N) is 1. The third kappa shape index (κ3) is 8.58. The van der Waals surface area contributed by atoms with Gasteiger partial charge in [0.25, 0.3) is 11.8 Å². The third-order valence-corrected chi connectivity index (χ3v) is 2.88. The van der Waals surface area contributed by atoms with Crippen LogP contribution in [0.1, 0.15) is 45.4 Å². The van der Waals surface area contributed by atoms with Crippen molar-refractivity contribution in [2.24, 2.45) is 0 Å². The molecule has 0 atom stereocenters. The minimum absolute atomic E-state index is 0.231. The molecule has 0 fully saturated rings. The molecule has 0 radical (unpaired) electrons. The van der Waals surface area contributed by atoms with Gasteiger partial charge in [0.2, 0.25) is 0 Å². The molecule has 2 amide bonds. The van der Waals surface area contributed by atoms with Crippen molar-refractivity contribution in [3.8, 4) is 0 Å². The summed E-state index contributed by atoms with van der Waals surface area (Å²) in [6, 6.07) is 0. The Labute approximate surface area is 121 Å². The number of hydrogen-bond donors (Lipinski definition) is 1. The zero-order valence-corrected chi connectivity index (χ0v) is 12.6. The summed E-state index contributed by atoms with van der Waals surface area (Å²) in [6.45, 7) is 3.82. The molecular weight excluding hydrogens is 256 g/mol. The summed E-state index contributed by atoms with van der Waals surface area (Å²) < 4.78 is 0. The zero-order valence-electron chi connectivity index (χ0n) is 12.6. The molecule has 20 heavy (non-hydrogen) atoms. The first-order valence-corrected chi connectivity index (χ1v) is 7.29. The lowest BCUT2D eigenvalue weighted by molar-refractivity contribution is -0.136. The van der Waals surface area contributed by atoms with Crippen molar-refractivity contribution in [3.05, 3.63) is 12.2 Å². The first-order valence-electron chi connectivity index (χ1n) is 7.29. The van der Waals surface area contributed by atoms with E-state index in [1.54, 1.807) is 0 Å². The minimum Gasteiger partial charge on any atom is -0.320 e. The maximum atomic E-state index is 11.1. The van der Waals surface area contributed by atoms with Gasteiger partial charge in [0.05, 0.1) is 0 Å². The van der Waals surface area contributed by atoms with E-state index in [4.69, 9.17) is 0 Å². The van der Waals surface area contributed by atoms with Gasteiger partial charge in [-0.3, -0.25) is 14.5 Å². The molecule has 114 valence electrons. The molecule has 5 nitrogen and oxygen atoms in total. The number of hydrogen-bond acceptors (Lipinski definition) is 4. The van der Waals surface area contributed by atoms with Gasteiger partial charge in [-0.1, -0.05) is 19.8 Å². The summed E-state index contributed by atoms with van der Waals surface area (Å²) in [6.07, 6.45) is 9.07. The lowest BCUT2D eigenvalue weighted by Gasteiger charge is -2.12. The van der Waals surface area contributed by atoms with E-state index in [0.29, 0.717) is 13.0 Å². The first kappa shape index (κ1) is 18.5. The van der Waals surface area contributed by atoms with Gasteiger partial charge in [-0.15, -0.1) is 0 Å². The molecule has 0 saturated heterocycles. The van der Waals surface area contributed by atoms with Crippen LogP contribution in [0.5, 0.6) is 0 Å². The van der Waals surface area contributed by atoms with Crippen molar-refractivity contribution >= 4 is 18.1 Å². The van der Waals surface area contributed by atoms with Crippen LogP contribution in [0.15, 0.2) is 12.2 Å². The predicted octanol–water partition coefficient (Wildman–Crippen LogP) is 1.68. The van der Waals surface area contributed by atoms with Crippen LogP contribution in [0, 0.1) is 0 Å². The molecule has 1 heterocycles. The molecule has 0 aromatic heterocycles. The lowest BCUT2D eigenvalue weighted by Crippen LogP contribution is -2.30. The molecule has 0 aromatic carbocycles. The van der Waals surface area contributed by atoms with Crippen LogP contribution in [0.4, 0.5) is 0 Å². The molecule has 1 N–H and O–H groups in total. The van der Waals surface area contributed by atoms with Crippen molar-refractivity contribution in [1.82, 2.24) is 10.2 Å². The molecule has 0 unspecified atom stereocenters. The standard InChI is InChI=1S/C10H13NO3.C5H13N/c12-8-4-2-1-3-7-11-9(13)5-6-10(11)14;1-3-4-5-6-2/h5-6,8H,1-4,7H2;6H,3-5H2,1-2H3. The fourth-order valence-corrected chi connectivity index (χ4v) is 1.68. The highest BCUT2D eigenvalue weighted by atomic mass is 16.2. The second kappa shape index (κ2) is 12.5. The SMILES string of the molecule is CCCCNC.O=CCCCCCN1C(=O)C=CC1=O. The van der Waals surface area contributed by atoms with E-state index in [-0.39, 0.29) is 11.8 Å². The van der Waals surface area contributed by atoms with E-state index in [9.17, 15) is 14.4 Å². The Balaban J connectivity index is 0.000000511. The molecule has 0 bridgehead atoms. The molecule has 0 aliphatic carbocycles. The number of nitrogens with zero attached hydrogens (tertiary/aromatic N) is 1. The Bertz CT molecular complexity index is 305. The molecule has 0 aromatic rings. The van der Waals surface area contributed by atoms with Crippen LogP contribution in [-0.2, 0) is 14.4 Å². The van der Waals surface area contributed by atoms with Crippen LogP contribution >= 0.6 is 0 Å². The number of amides is 2. The topological polar surface area (TPSA) is 66.5 Å². The Morgan fingerprint density at radius 1 is 1.10 bits per heavy atom. The van der Waals surface area contributed by atoms with Crippen LogP contribution in [0.3, 0.4) is 0 Å². The normalized spacial score (nSPS) is 13.4. The summed E-state index contributed by atoms with van der Waals surface area (Å²) in [5.41, 5.74) is 0. The molecule has 0 spiro atoms. The number of aldehydes is 1. The fraction of sp³-hybridized carbons (Fsp3) is 0.667. The quantitative estimate of drug-likeness (QED) is 0.397. The maximum Gasteiger partial charge on any atom is 0.253 e. The van der Waals surface area contributed by atoms with Crippen LogP contribution in [-0.4, -0.2) is 43.1 Å². The summed E-state index contributed by atoms with van der Waals surface area (Å²) >= 11 is 0. The van der Waals surface area contributed by atoms with Crippen molar-refractivity contribution in [1.29, 1.82) is 0 Å². The Morgan fingerprint density at radius 2 is 1.75 bits per heavy atom. The molecule has 1 rings (SSSR count). The first-order chi connectivity index (χ1) is 9.67. The van der Waals surface area contributed by atoms with Crippen molar-refractivity contribution in [2.45, 2.75) is 45.4 Å². The fourth-order valence-electron chi connectivity index (χ4n) is 1.68. The van der Waals surface area contributed by atoms with Crippen molar-refractivity contribution < 1.29 is 14.4 Å². The van der Waals surface area contributed by atoms with E-state index in [1.807, 2.05) is 7.05 Å². The number of carbonyl (C=O) groups is 3. The van der Waals surface area contributed by atoms with Gasteiger partial charge >= 0.3 is 0 Å². The van der Waals surface area contributed by atoms with Crippen LogP contribution in [0.25, 0.3) is 0 Å². The highest BCUT2D eigenvalue weighted by molar-refractivity contribution is 6.12. The summed E-state index contributed by atoms with van der Waals surface area (Å²) in [5.74, 6) is -0.462. The van der Waals surface area contributed by atoms with E-state index in [1.165, 1.54) is 29.9 Å². The van der Waals surface area contributed by atoms with Gasteiger partial charge in [-0.2, -0.15) is 0 Å². The van der Waals surface area contributed by atoms with Crippen LogP contribution < -0.4 is 5.32 Å². The molecule has 1 aliphatic heterocycles. The summed E-state index contributed by atoms with van der Waals surface area (Å²) in [4.78, 5) is 33.4. The average molecular weight is 282 g/mol. The van der Waals surface area contributed by atoms with Gasteiger partial charge in [0.1, 0.15) is 6.29 Å². The molecule has 1 aliphatic rings. The lowest BCUT2D eigenvalue weighted by atomic mass is 10.2. The summed E-state index contributed by atoms with van der Waals surface area (Å²) in [5, 5.41) is 3.07. The van der Waals surface area contributed by atoms with Gasteiger partial charge in [-0.25, -0.2) is 0 Å². The zero-order chi connectivity index (χ0) is 15.2. The number of carbonyl (C=O) groups excluding carboxylic acids is 3. The van der Waals surface area contributed by atoms with Gasteiger partial charge in [0, 0.05) is 25.1 Å². The van der Waals surface area contributed by atoms with Gasteiger partial charge in [-0.05, 0) is 32.9 Å². The Kier molecular flexibility index (Phi) is 11.6. The van der Waals surface area contributed by atoms with E-state index in [2.05, 4.69) is 12.2 Å². The Morgan fingerprint density at radius 3 is 2.20 bits per heavy atom. The largest absolute Gasteiger partial charge is 0.320 e. The van der Waals surface area contributed by atoms with E-state index >= 15 is 0 Å². The smallest absolute Gasteiger partial charge is 0.253 e. The number of rotatable bonds is 9. The predicted molar refractivity (Wildman–Crippen MR) is 79.2 cm³/mol. The van der Waals surface area contributed by atoms with E-state index in [0.717, 1.165) is 32.1 Å². The molecule has 0 saturated carbocycles.